The molecule has 1 aromatic carbocycles. The predicted molar refractivity (Wildman–Crippen MR) is 77.2 cm³/mol. The minimum Gasteiger partial charge on any atom is -0.351 e. The lowest BCUT2D eigenvalue weighted by molar-refractivity contribution is -0.123. The number of carbonyl (C=O) groups excluding carboxylic acids is 1. The van der Waals surface area contributed by atoms with Crippen LogP contribution in [0.25, 0.3) is 0 Å². The second-order valence-electron chi connectivity index (χ2n) is 5.68. The van der Waals surface area contributed by atoms with Crippen molar-refractivity contribution in [1.82, 2.24) is 15.5 Å². The van der Waals surface area contributed by atoms with Gasteiger partial charge in [0.2, 0.25) is 5.91 Å². The number of carbonyl (C=O) groups is 1. The van der Waals surface area contributed by atoms with E-state index in [4.69, 9.17) is 0 Å². The van der Waals surface area contributed by atoms with Gasteiger partial charge in [0.05, 0.1) is 11.1 Å². The van der Waals surface area contributed by atoms with Gasteiger partial charge in [0.15, 0.2) is 0 Å². The zero-order valence-corrected chi connectivity index (χ0v) is 12.2. The summed E-state index contributed by atoms with van der Waals surface area (Å²) in [6.45, 7) is 4.32. The molecule has 1 amide bonds. The molecule has 0 unspecified atom stereocenters. The molecule has 1 aliphatic rings. The number of aromatic nitrogens is 2. The molecular weight excluding hydrogens is 269 g/mol. The lowest BCUT2D eigenvalue weighted by Crippen LogP contribution is -2.34. The first-order valence-electron chi connectivity index (χ1n) is 7.08. The number of nitrogens with zero attached hydrogens (tertiary/aromatic N) is 1. The van der Waals surface area contributed by atoms with E-state index in [-0.39, 0.29) is 11.7 Å². The van der Waals surface area contributed by atoms with Crippen molar-refractivity contribution in [3.05, 3.63) is 52.6 Å². The summed E-state index contributed by atoms with van der Waals surface area (Å²) >= 11 is 0. The Hall–Kier alpha value is -2.17. The van der Waals surface area contributed by atoms with Crippen LogP contribution in [-0.2, 0) is 16.8 Å². The average Bonchev–Trinajstić information content (AvgIpc) is 3.21. The molecule has 3 rings (SSSR count). The van der Waals surface area contributed by atoms with Gasteiger partial charge in [-0.3, -0.25) is 9.89 Å². The van der Waals surface area contributed by atoms with Crippen LogP contribution in [0.2, 0.25) is 0 Å². The van der Waals surface area contributed by atoms with Crippen molar-refractivity contribution < 1.29 is 9.18 Å². The molecule has 110 valence electrons. The number of benzene rings is 1. The zero-order valence-electron chi connectivity index (χ0n) is 12.2. The van der Waals surface area contributed by atoms with Gasteiger partial charge in [-0.15, -0.1) is 0 Å². The van der Waals surface area contributed by atoms with Crippen LogP contribution < -0.4 is 5.32 Å². The molecule has 0 radical (unpaired) electrons. The SMILES string of the molecule is Cc1n[nH]c(C)c1CNC(=O)C1(c2ccc(F)cc2)CC1. The van der Waals surface area contributed by atoms with Crippen LogP contribution in [0, 0.1) is 19.7 Å². The number of halogens is 1. The average molecular weight is 287 g/mol. The number of aryl methyl sites for hydroxylation is 2. The van der Waals surface area contributed by atoms with Crippen molar-refractivity contribution in [1.29, 1.82) is 0 Å². The molecule has 0 spiro atoms. The summed E-state index contributed by atoms with van der Waals surface area (Å²) in [7, 11) is 0. The summed E-state index contributed by atoms with van der Waals surface area (Å²) in [5, 5.41) is 10.0. The number of hydrogen-bond donors (Lipinski definition) is 2. The highest BCUT2D eigenvalue weighted by Gasteiger charge is 2.51. The van der Waals surface area contributed by atoms with Crippen molar-refractivity contribution in [2.75, 3.05) is 0 Å². The quantitative estimate of drug-likeness (QED) is 0.907. The molecule has 0 aliphatic heterocycles. The van der Waals surface area contributed by atoms with Gasteiger partial charge in [-0.25, -0.2) is 4.39 Å². The van der Waals surface area contributed by atoms with Gasteiger partial charge in [0, 0.05) is 17.8 Å². The maximum absolute atomic E-state index is 13.0. The summed E-state index contributed by atoms with van der Waals surface area (Å²) in [4.78, 5) is 12.5. The third-order valence-corrected chi connectivity index (χ3v) is 4.29. The summed E-state index contributed by atoms with van der Waals surface area (Å²) in [5.41, 5.74) is 3.32. The highest BCUT2D eigenvalue weighted by molar-refractivity contribution is 5.91. The van der Waals surface area contributed by atoms with Crippen molar-refractivity contribution in [2.24, 2.45) is 0 Å². The number of nitrogens with one attached hydrogen (secondary N) is 2. The Morgan fingerprint density at radius 2 is 2.00 bits per heavy atom. The number of aromatic amines is 1. The Labute approximate surface area is 122 Å². The molecule has 5 heteroatoms. The fourth-order valence-electron chi connectivity index (χ4n) is 2.71. The van der Waals surface area contributed by atoms with Gasteiger partial charge in [-0.1, -0.05) is 12.1 Å². The van der Waals surface area contributed by atoms with Gasteiger partial charge < -0.3 is 5.32 Å². The van der Waals surface area contributed by atoms with Gasteiger partial charge in [-0.05, 0) is 44.4 Å². The van der Waals surface area contributed by atoms with E-state index in [1.165, 1.54) is 12.1 Å². The minimum absolute atomic E-state index is 0.00843. The molecular formula is C16H18FN3O. The van der Waals surface area contributed by atoms with Crippen LogP contribution in [0.4, 0.5) is 4.39 Å². The number of hydrogen-bond acceptors (Lipinski definition) is 2. The highest BCUT2D eigenvalue weighted by Crippen LogP contribution is 2.48. The third-order valence-electron chi connectivity index (χ3n) is 4.29. The molecule has 2 N–H and O–H groups in total. The maximum atomic E-state index is 13.0. The topological polar surface area (TPSA) is 57.8 Å². The Morgan fingerprint density at radius 3 is 2.52 bits per heavy atom. The molecule has 4 nitrogen and oxygen atoms in total. The second-order valence-corrected chi connectivity index (χ2v) is 5.68. The van der Waals surface area contributed by atoms with E-state index in [2.05, 4.69) is 15.5 Å². The van der Waals surface area contributed by atoms with Crippen molar-refractivity contribution in [3.8, 4) is 0 Å². The highest BCUT2D eigenvalue weighted by atomic mass is 19.1. The molecule has 0 atom stereocenters. The second kappa shape index (κ2) is 4.98. The summed E-state index contributed by atoms with van der Waals surface area (Å²) in [6, 6.07) is 6.23. The van der Waals surface area contributed by atoms with Crippen LogP contribution >= 0.6 is 0 Å². The fraction of sp³-hybridized carbons (Fsp3) is 0.375. The first kappa shape index (κ1) is 13.8. The molecule has 2 aromatic rings. The third kappa shape index (κ3) is 2.44. The fourth-order valence-corrected chi connectivity index (χ4v) is 2.71. The smallest absolute Gasteiger partial charge is 0.230 e. The van der Waals surface area contributed by atoms with E-state index in [1.807, 2.05) is 13.8 Å². The first-order chi connectivity index (χ1) is 10.0. The maximum Gasteiger partial charge on any atom is 0.230 e. The van der Waals surface area contributed by atoms with Gasteiger partial charge >= 0.3 is 0 Å². The lowest BCUT2D eigenvalue weighted by Gasteiger charge is -2.16. The van der Waals surface area contributed by atoms with Crippen LogP contribution in [0.1, 0.15) is 35.4 Å². The van der Waals surface area contributed by atoms with Crippen LogP contribution in [0.3, 0.4) is 0 Å². The van der Waals surface area contributed by atoms with E-state index in [0.717, 1.165) is 35.4 Å². The molecule has 0 bridgehead atoms. The molecule has 1 saturated carbocycles. The van der Waals surface area contributed by atoms with E-state index >= 15 is 0 Å². The molecule has 21 heavy (non-hydrogen) atoms. The van der Waals surface area contributed by atoms with Gasteiger partial charge in [0.25, 0.3) is 0 Å². The van der Waals surface area contributed by atoms with Crippen molar-refractivity contribution in [2.45, 2.75) is 38.6 Å². The largest absolute Gasteiger partial charge is 0.351 e. The number of amides is 1. The van der Waals surface area contributed by atoms with E-state index in [1.54, 1.807) is 12.1 Å². The van der Waals surface area contributed by atoms with Gasteiger partial charge in [0.1, 0.15) is 5.82 Å². The molecule has 1 fully saturated rings. The van der Waals surface area contributed by atoms with Crippen LogP contribution in [-0.4, -0.2) is 16.1 Å². The Kier molecular flexibility index (Phi) is 3.27. The first-order valence-corrected chi connectivity index (χ1v) is 7.08. The van der Waals surface area contributed by atoms with Gasteiger partial charge in [-0.2, -0.15) is 5.10 Å². The minimum atomic E-state index is -0.473. The molecule has 1 heterocycles. The monoisotopic (exact) mass is 287 g/mol. The van der Waals surface area contributed by atoms with Crippen molar-refractivity contribution >= 4 is 5.91 Å². The number of rotatable bonds is 4. The van der Waals surface area contributed by atoms with Crippen LogP contribution in [0.15, 0.2) is 24.3 Å². The predicted octanol–water partition coefficient (Wildman–Crippen LogP) is 2.51. The van der Waals surface area contributed by atoms with Crippen LogP contribution in [0.5, 0.6) is 0 Å². The van der Waals surface area contributed by atoms with E-state index < -0.39 is 5.41 Å². The lowest BCUT2D eigenvalue weighted by atomic mass is 9.95. The molecule has 1 aliphatic carbocycles. The summed E-state index contributed by atoms with van der Waals surface area (Å²) in [5.74, 6) is -0.270. The molecule has 1 aromatic heterocycles. The summed E-state index contributed by atoms with van der Waals surface area (Å²) < 4.78 is 13.0. The standard InChI is InChI=1S/C16H18FN3O/c1-10-14(11(2)20-19-10)9-18-15(21)16(7-8-16)12-3-5-13(17)6-4-12/h3-6H,7-9H2,1-2H3,(H,18,21)(H,19,20). The Morgan fingerprint density at radius 1 is 1.33 bits per heavy atom. The van der Waals surface area contributed by atoms with E-state index in [9.17, 15) is 9.18 Å². The summed E-state index contributed by atoms with van der Waals surface area (Å²) in [6.07, 6.45) is 1.63. The van der Waals surface area contributed by atoms with E-state index in [0.29, 0.717) is 6.54 Å². The Bertz CT molecular complexity index is 652. The number of H-pyrrole nitrogens is 1. The zero-order chi connectivity index (χ0) is 15.0. The Balaban J connectivity index is 1.72. The normalized spacial score (nSPS) is 15.8. The molecule has 0 saturated heterocycles. The van der Waals surface area contributed by atoms with Crippen molar-refractivity contribution in [3.63, 3.8) is 0 Å².